The van der Waals surface area contributed by atoms with Crippen molar-refractivity contribution in [2.75, 3.05) is 40.9 Å². The van der Waals surface area contributed by atoms with Gasteiger partial charge in [-0.25, -0.2) is 0 Å². The van der Waals surface area contributed by atoms with Gasteiger partial charge in [0.1, 0.15) is 0 Å². The summed E-state index contributed by atoms with van der Waals surface area (Å²) in [5.74, 6) is 2.45. The van der Waals surface area contributed by atoms with Crippen molar-refractivity contribution in [3.05, 3.63) is 45.6 Å². The van der Waals surface area contributed by atoms with Crippen molar-refractivity contribution in [3.63, 3.8) is 0 Å². The molecule has 0 saturated heterocycles. The van der Waals surface area contributed by atoms with E-state index in [1.807, 2.05) is 0 Å². The number of thiophene rings is 1. The normalized spacial score (nSPS) is 14.6. The van der Waals surface area contributed by atoms with Crippen LogP contribution in [0.5, 0.6) is 11.5 Å². The monoisotopic (exact) mass is 388 g/mol. The van der Waals surface area contributed by atoms with Crippen LogP contribution in [0.3, 0.4) is 0 Å². The molecule has 2 N–H and O–H groups in total. The SMILES string of the molecule is CN=C(NCCN1CCc2cc(OC)c(OC)cc2C1)NCc1ccsc1. The molecular weight excluding hydrogens is 360 g/mol. The smallest absolute Gasteiger partial charge is 0.191 e. The number of aliphatic imine (C=N–C) groups is 1. The van der Waals surface area contributed by atoms with Gasteiger partial charge in [-0.15, -0.1) is 0 Å². The van der Waals surface area contributed by atoms with Gasteiger partial charge in [0, 0.05) is 39.8 Å². The fourth-order valence-corrected chi connectivity index (χ4v) is 3.93. The number of nitrogens with one attached hydrogen (secondary N) is 2. The molecule has 1 aliphatic heterocycles. The maximum absolute atomic E-state index is 5.44. The van der Waals surface area contributed by atoms with Crippen LogP contribution in [0.25, 0.3) is 0 Å². The van der Waals surface area contributed by atoms with Gasteiger partial charge < -0.3 is 20.1 Å². The van der Waals surface area contributed by atoms with Gasteiger partial charge in [0.2, 0.25) is 0 Å². The van der Waals surface area contributed by atoms with Gasteiger partial charge in [-0.05, 0) is 52.1 Å². The third-order valence-electron chi connectivity index (χ3n) is 4.78. The van der Waals surface area contributed by atoms with E-state index in [1.54, 1.807) is 32.6 Å². The van der Waals surface area contributed by atoms with Crippen LogP contribution in [0.2, 0.25) is 0 Å². The van der Waals surface area contributed by atoms with Crippen LogP contribution in [0.4, 0.5) is 0 Å². The summed E-state index contributed by atoms with van der Waals surface area (Å²) < 4.78 is 10.9. The molecule has 0 fully saturated rings. The zero-order valence-corrected chi connectivity index (χ0v) is 17.1. The maximum Gasteiger partial charge on any atom is 0.191 e. The number of methoxy groups -OCH3 is 2. The topological polar surface area (TPSA) is 58.1 Å². The first-order valence-corrected chi connectivity index (χ1v) is 10.1. The zero-order valence-electron chi connectivity index (χ0n) is 16.2. The molecule has 0 bridgehead atoms. The number of guanidine groups is 1. The van der Waals surface area contributed by atoms with Gasteiger partial charge in [0.15, 0.2) is 17.5 Å². The summed E-state index contributed by atoms with van der Waals surface area (Å²) in [6.07, 6.45) is 1.03. The molecule has 0 spiro atoms. The fourth-order valence-electron chi connectivity index (χ4n) is 3.26. The predicted octanol–water partition coefficient (Wildman–Crippen LogP) is 2.49. The highest BCUT2D eigenvalue weighted by atomic mass is 32.1. The molecular formula is C20H28N4O2S. The second-order valence-corrected chi connectivity index (χ2v) is 7.27. The van der Waals surface area contributed by atoms with Gasteiger partial charge in [0.25, 0.3) is 0 Å². The summed E-state index contributed by atoms with van der Waals surface area (Å²) >= 11 is 1.71. The summed E-state index contributed by atoms with van der Waals surface area (Å²) in [5.41, 5.74) is 3.95. The number of fused-ring (bicyclic) bond motifs is 1. The minimum Gasteiger partial charge on any atom is -0.493 e. The first kappa shape index (κ1) is 19.5. The molecule has 146 valence electrons. The minimum absolute atomic E-state index is 0.794. The van der Waals surface area contributed by atoms with Crippen LogP contribution in [-0.4, -0.2) is 51.8 Å². The molecule has 3 rings (SSSR count). The Morgan fingerprint density at radius 2 is 1.96 bits per heavy atom. The van der Waals surface area contributed by atoms with Crippen LogP contribution in [0.1, 0.15) is 16.7 Å². The van der Waals surface area contributed by atoms with E-state index >= 15 is 0 Å². The number of ether oxygens (including phenoxy) is 2. The molecule has 6 nitrogen and oxygen atoms in total. The molecule has 2 aromatic rings. The molecule has 0 aliphatic carbocycles. The van der Waals surface area contributed by atoms with E-state index in [4.69, 9.17) is 9.47 Å². The Balaban J connectivity index is 1.48. The first-order chi connectivity index (χ1) is 13.2. The molecule has 2 heterocycles. The summed E-state index contributed by atoms with van der Waals surface area (Å²) in [7, 11) is 5.17. The minimum atomic E-state index is 0.794. The van der Waals surface area contributed by atoms with Crippen molar-refractivity contribution < 1.29 is 9.47 Å². The van der Waals surface area contributed by atoms with Gasteiger partial charge in [-0.2, -0.15) is 11.3 Å². The number of rotatable bonds is 7. The average molecular weight is 389 g/mol. The average Bonchev–Trinajstić information content (AvgIpc) is 3.22. The largest absolute Gasteiger partial charge is 0.493 e. The second-order valence-electron chi connectivity index (χ2n) is 6.49. The van der Waals surface area contributed by atoms with Crippen LogP contribution in [-0.2, 0) is 19.5 Å². The Labute approximate surface area is 165 Å². The molecule has 7 heteroatoms. The second kappa shape index (κ2) is 9.62. The molecule has 0 radical (unpaired) electrons. The van der Waals surface area contributed by atoms with E-state index in [1.165, 1.54) is 16.7 Å². The molecule has 1 aliphatic rings. The van der Waals surface area contributed by atoms with E-state index in [2.05, 4.69) is 49.5 Å². The molecule has 1 aromatic carbocycles. The van der Waals surface area contributed by atoms with E-state index in [0.29, 0.717) is 0 Å². The standard InChI is InChI=1S/C20H28N4O2S/c1-21-20(23-12-15-5-9-27-14-15)22-6-8-24-7-4-16-10-18(25-2)19(26-3)11-17(16)13-24/h5,9-11,14H,4,6-8,12-13H2,1-3H3,(H2,21,22,23). The zero-order chi connectivity index (χ0) is 19.1. The Bertz CT molecular complexity index is 762. The highest BCUT2D eigenvalue weighted by Gasteiger charge is 2.19. The van der Waals surface area contributed by atoms with Crippen molar-refractivity contribution in [2.24, 2.45) is 4.99 Å². The Kier molecular flexibility index (Phi) is 6.95. The first-order valence-electron chi connectivity index (χ1n) is 9.15. The highest BCUT2D eigenvalue weighted by Crippen LogP contribution is 2.33. The number of benzene rings is 1. The molecule has 27 heavy (non-hydrogen) atoms. The van der Waals surface area contributed by atoms with Gasteiger partial charge >= 0.3 is 0 Å². The summed E-state index contributed by atoms with van der Waals surface area (Å²) in [5, 5.41) is 11.0. The van der Waals surface area contributed by atoms with Crippen molar-refractivity contribution >= 4 is 17.3 Å². The molecule has 1 aromatic heterocycles. The van der Waals surface area contributed by atoms with Crippen molar-refractivity contribution in [1.82, 2.24) is 15.5 Å². The van der Waals surface area contributed by atoms with Crippen LogP contribution >= 0.6 is 11.3 Å². The molecule has 0 saturated carbocycles. The van der Waals surface area contributed by atoms with Crippen molar-refractivity contribution in [2.45, 2.75) is 19.5 Å². The molecule has 0 amide bonds. The molecule has 0 atom stereocenters. The van der Waals surface area contributed by atoms with Gasteiger partial charge in [-0.1, -0.05) is 0 Å². The van der Waals surface area contributed by atoms with E-state index in [-0.39, 0.29) is 0 Å². The fraction of sp³-hybridized carbons (Fsp3) is 0.450. The van der Waals surface area contributed by atoms with Crippen LogP contribution in [0, 0.1) is 0 Å². The predicted molar refractivity (Wildman–Crippen MR) is 111 cm³/mol. The van der Waals surface area contributed by atoms with Gasteiger partial charge in [0.05, 0.1) is 14.2 Å². The third-order valence-corrected chi connectivity index (χ3v) is 5.51. The summed E-state index contributed by atoms with van der Waals surface area (Å²) in [6, 6.07) is 6.34. The number of hydrogen-bond donors (Lipinski definition) is 2. The van der Waals surface area contributed by atoms with Gasteiger partial charge in [-0.3, -0.25) is 9.89 Å². The number of hydrogen-bond acceptors (Lipinski definition) is 5. The van der Waals surface area contributed by atoms with E-state index < -0.39 is 0 Å². The lowest BCUT2D eigenvalue weighted by Crippen LogP contribution is -2.42. The lowest BCUT2D eigenvalue weighted by molar-refractivity contribution is 0.256. The van der Waals surface area contributed by atoms with Crippen molar-refractivity contribution in [1.29, 1.82) is 0 Å². The Morgan fingerprint density at radius 1 is 1.19 bits per heavy atom. The van der Waals surface area contributed by atoms with Crippen molar-refractivity contribution in [3.8, 4) is 11.5 Å². The lowest BCUT2D eigenvalue weighted by atomic mass is 9.99. The van der Waals surface area contributed by atoms with E-state index in [0.717, 1.165) is 56.6 Å². The van der Waals surface area contributed by atoms with Crippen LogP contribution in [0.15, 0.2) is 34.0 Å². The lowest BCUT2D eigenvalue weighted by Gasteiger charge is -2.29. The third kappa shape index (κ3) is 5.14. The van der Waals surface area contributed by atoms with E-state index in [9.17, 15) is 0 Å². The number of nitrogens with zero attached hydrogens (tertiary/aromatic N) is 2. The Morgan fingerprint density at radius 3 is 2.63 bits per heavy atom. The maximum atomic E-state index is 5.44. The van der Waals surface area contributed by atoms with Crippen LogP contribution < -0.4 is 20.1 Å². The molecule has 0 unspecified atom stereocenters. The summed E-state index contributed by atoms with van der Waals surface area (Å²) in [6.45, 7) is 4.59. The quantitative estimate of drug-likeness (QED) is 0.564. The Hall–Kier alpha value is -2.25. The highest BCUT2D eigenvalue weighted by molar-refractivity contribution is 7.07. The summed E-state index contributed by atoms with van der Waals surface area (Å²) in [4.78, 5) is 6.75.